The summed E-state index contributed by atoms with van der Waals surface area (Å²) < 4.78 is 6.50. The van der Waals surface area contributed by atoms with Gasteiger partial charge in [0.15, 0.2) is 0 Å². The van der Waals surface area contributed by atoms with E-state index in [9.17, 15) is 4.79 Å². The number of nitrogens with zero attached hydrogens (tertiary/aromatic N) is 2. The maximum Gasteiger partial charge on any atom is 0.276 e. The van der Waals surface area contributed by atoms with Gasteiger partial charge in [-0.25, -0.2) is 4.68 Å². The van der Waals surface area contributed by atoms with Gasteiger partial charge < -0.3 is 4.74 Å². The maximum atomic E-state index is 12.1. The Kier molecular flexibility index (Phi) is 3.31. The van der Waals surface area contributed by atoms with Crippen molar-refractivity contribution in [1.29, 1.82) is 5.26 Å². The molecular weight excluding hydrogens is 230 g/mol. The lowest BCUT2D eigenvalue weighted by atomic mass is 10.1. The molecule has 1 unspecified atom stereocenters. The number of H-pyrrole nitrogens is 1. The van der Waals surface area contributed by atoms with Crippen LogP contribution in [0.3, 0.4) is 0 Å². The highest BCUT2D eigenvalue weighted by Crippen LogP contribution is 2.16. The van der Waals surface area contributed by atoms with Crippen molar-refractivity contribution in [3.63, 3.8) is 0 Å². The van der Waals surface area contributed by atoms with Gasteiger partial charge >= 0.3 is 0 Å². The molecule has 1 aromatic carbocycles. The SMILES string of the molecule is COC(C)n1[nH]cc(-c2ccc(C#N)cc2)c1=O. The molecular formula is C13H13N3O2. The molecule has 0 bridgehead atoms. The van der Waals surface area contributed by atoms with Gasteiger partial charge in [-0.3, -0.25) is 9.89 Å². The van der Waals surface area contributed by atoms with Gasteiger partial charge in [-0.1, -0.05) is 12.1 Å². The lowest BCUT2D eigenvalue weighted by Gasteiger charge is -2.08. The van der Waals surface area contributed by atoms with Crippen molar-refractivity contribution in [2.75, 3.05) is 7.11 Å². The number of aromatic amines is 1. The fourth-order valence-electron chi connectivity index (χ4n) is 1.69. The van der Waals surface area contributed by atoms with E-state index in [-0.39, 0.29) is 11.8 Å². The van der Waals surface area contributed by atoms with Crippen molar-refractivity contribution in [1.82, 2.24) is 9.78 Å². The number of benzene rings is 1. The van der Waals surface area contributed by atoms with Gasteiger partial charge in [0.1, 0.15) is 6.23 Å². The minimum atomic E-state index is -0.343. The van der Waals surface area contributed by atoms with Gasteiger partial charge in [0.05, 0.1) is 17.2 Å². The van der Waals surface area contributed by atoms with E-state index in [1.807, 2.05) is 6.07 Å². The quantitative estimate of drug-likeness (QED) is 0.894. The molecule has 0 saturated carbocycles. The van der Waals surface area contributed by atoms with Crippen molar-refractivity contribution in [2.45, 2.75) is 13.2 Å². The highest BCUT2D eigenvalue weighted by Gasteiger charge is 2.12. The Morgan fingerprint density at radius 3 is 2.61 bits per heavy atom. The molecule has 0 spiro atoms. The van der Waals surface area contributed by atoms with Crippen LogP contribution in [-0.4, -0.2) is 16.9 Å². The van der Waals surface area contributed by atoms with Crippen LogP contribution in [-0.2, 0) is 4.74 Å². The predicted octanol–water partition coefficient (Wildman–Crippen LogP) is 1.88. The van der Waals surface area contributed by atoms with E-state index < -0.39 is 0 Å². The van der Waals surface area contributed by atoms with Crippen LogP contribution < -0.4 is 5.56 Å². The fraction of sp³-hybridized carbons (Fsp3) is 0.231. The summed E-state index contributed by atoms with van der Waals surface area (Å²) in [5, 5.41) is 11.6. The standard InChI is InChI=1S/C13H13N3O2/c1-9(18-2)16-13(17)12(8-15-16)11-5-3-10(7-14)4-6-11/h3-6,8-9,15H,1-2H3. The van der Waals surface area contributed by atoms with E-state index in [0.29, 0.717) is 11.1 Å². The summed E-state index contributed by atoms with van der Waals surface area (Å²) in [6.45, 7) is 1.78. The molecule has 5 nitrogen and oxygen atoms in total. The highest BCUT2D eigenvalue weighted by atomic mass is 16.5. The molecule has 1 heterocycles. The topological polar surface area (TPSA) is 70.8 Å². The Morgan fingerprint density at radius 2 is 2.06 bits per heavy atom. The number of methoxy groups -OCH3 is 1. The fourth-order valence-corrected chi connectivity index (χ4v) is 1.69. The Morgan fingerprint density at radius 1 is 1.39 bits per heavy atom. The molecule has 1 N–H and O–H groups in total. The molecule has 5 heteroatoms. The Bertz CT molecular complexity index is 631. The first kappa shape index (κ1) is 12.1. The number of hydrogen-bond acceptors (Lipinski definition) is 3. The number of rotatable bonds is 3. The van der Waals surface area contributed by atoms with Crippen LogP contribution >= 0.6 is 0 Å². The van der Waals surface area contributed by atoms with Crippen LogP contribution in [0.1, 0.15) is 18.7 Å². The highest BCUT2D eigenvalue weighted by molar-refractivity contribution is 5.62. The predicted molar refractivity (Wildman–Crippen MR) is 66.9 cm³/mol. The molecule has 1 atom stereocenters. The first-order valence-electron chi connectivity index (χ1n) is 5.50. The third-order valence-electron chi connectivity index (χ3n) is 2.83. The first-order chi connectivity index (χ1) is 8.67. The second-order valence-corrected chi connectivity index (χ2v) is 3.89. The Labute approximate surface area is 104 Å². The summed E-state index contributed by atoms with van der Waals surface area (Å²) in [6, 6.07) is 8.92. The smallest absolute Gasteiger partial charge is 0.276 e. The largest absolute Gasteiger partial charge is 0.360 e. The second kappa shape index (κ2) is 4.90. The lowest BCUT2D eigenvalue weighted by molar-refractivity contribution is 0.0475. The lowest BCUT2D eigenvalue weighted by Crippen LogP contribution is -2.22. The van der Waals surface area contributed by atoms with Crippen LogP contribution in [0.4, 0.5) is 0 Å². The first-order valence-corrected chi connectivity index (χ1v) is 5.50. The zero-order chi connectivity index (χ0) is 13.1. The number of aromatic nitrogens is 2. The third-order valence-corrected chi connectivity index (χ3v) is 2.83. The van der Waals surface area contributed by atoms with E-state index in [0.717, 1.165) is 5.56 Å². The zero-order valence-electron chi connectivity index (χ0n) is 10.2. The normalized spacial score (nSPS) is 12.1. The number of ether oxygens (including phenoxy) is 1. The summed E-state index contributed by atoms with van der Waals surface area (Å²) in [5.74, 6) is 0. The molecule has 92 valence electrons. The van der Waals surface area contributed by atoms with Crippen LogP contribution in [0, 0.1) is 11.3 Å². The van der Waals surface area contributed by atoms with Gasteiger partial charge in [0.2, 0.25) is 0 Å². The molecule has 0 aliphatic rings. The van der Waals surface area contributed by atoms with Crippen molar-refractivity contribution in [3.05, 3.63) is 46.4 Å². The van der Waals surface area contributed by atoms with Crippen molar-refractivity contribution in [2.24, 2.45) is 0 Å². The van der Waals surface area contributed by atoms with Crippen LogP contribution in [0.2, 0.25) is 0 Å². The van der Waals surface area contributed by atoms with E-state index in [2.05, 4.69) is 5.10 Å². The summed E-state index contributed by atoms with van der Waals surface area (Å²) in [6.07, 6.45) is 1.30. The van der Waals surface area contributed by atoms with E-state index >= 15 is 0 Å². The van der Waals surface area contributed by atoms with Gasteiger partial charge in [-0.05, 0) is 24.6 Å². The summed E-state index contributed by atoms with van der Waals surface area (Å²) in [7, 11) is 1.54. The average molecular weight is 243 g/mol. The summed E-state index contributed by atoms with van der Waals surface area (Å²) in [4.78, 5) is 12.1. The van der Waals surface area contributed by atoms with E-state index in [1.54, 1.807) is 44.5 Å². The third kappa shape index (κ3) is 2.06. The van der Waals surface area contributed by atoms with Gasteiger partial charge in [-0.15, -0.1) is 0 Å². The Balaban J connectivity index is 2.43. The van der Waals surface area contributed by atoms with Crippen molar-refractivity contribution >= 4 is 0 Å². The summed E-state index contributed by atoms with van der Waals surface area (Å²) in [5.41, 5.74) is 1.76. The van der Waals surface area contributed by atoms with E-state index in [4.69, 9.17) is 10.00 Å². The minimum Gasteiger partial charge on any atom is -0.360 e. The molecule has 0 radical (unpaired) electrons. The van der Waals surface area contributed by atoms with Gasteiger partial charge in [-0.2, -0.15) is 5.26 Å². The van der Waals surface area contributed by atoms with Crippen LogP contribution in [0.15, 0.2) is 35.3 Å². The second-order valence-electron chi connectivity index (χ2n) is 3.89. The minimum absolute atomic E-state index is 0.144. The number of nitrogens with one attached hydrogen (secondary N) is 1. The molecule has 0 saturated heterocycles. The average Bonchev–Trinajstić information content (AvgIpc) is 2.80. The molecule has 2 rings (SSSR count). The van der Waals surface area contributed by atoms with Crippen LogP contribution in [0.5, 0.6) is 0 Å². The zero-order valence-corrected chi connectivity index (χ0v) is 10.2. The molecule has 1 aromatic heterocycles. The maximum absolute atomic E-state index is 12.1. The van der Waals surface area contributed by atoms with Crippen molar-refractivity contribution in [3.8, 4) is 17.2 Å². The molecule has 2 aromatic rings. The number of nitriles is 1. The monoisotopic (exact) mass is 243 g/mol. The molecule has 0 aliphatic heterocycles. The Hall–Kier alpha value is -2.32. The van der Waals surface area contributed by atoms with E-state index in [1.165, 1.54) is 4.68 Å². The van der Waals surface area contributed by atoms with Gasteiger partial charge in [0, 0.05) is 13.3 Å². The molecule has 18 heavy (non-hydrogen) atoms. The van der Waals surface area contributed by atoms with Crippen molar-refractivity contribution < 1.29 is 4.74 Å². The van der Waals surface area contributed by atoms with Crippen LogP contribution in [0.25, 0.3) is 11.1 Å². The molecule has 0 amide bonds. The molecule has 0 fully saturated rings. The summed E-state index contributed by atoms with van der Waals surface area (Å²) >= 11 is 0. The molecule has 0 aliphatic carbocycles. The number of hydrogen-bond donors (Lipinski definition) is 1. The van der Waals surface area contributed by atoms with Gasteiger partial charge in [0.25, 0.3) is 5.56 Å².